The van der Waals surface area contributed by atoms with Crippen LogP contribution in [0.1, 0.15) is 18.2 Å². The lowest BCUT2D eigenvalue weighted by molar-refractivity contribution is -0.117. The maximum atomic E-state index is 13.2. The Morgan fingerprint density at radius 2 is 2.35 bits per heavy atom. The van der Waals surface area contributed by atoms with E-state index >= 15 is 0 Å². The molecule has 0 saturated carbocycles. The third-order valence-electron chi connectivity index (χ3n) is 3.14. The summed E-state index contributed by atoms with van der Waals surface area (Å²) in [5.74, 6) is -0.392. The predicted octanol–water partition coefficient (Wildman–Crippen LogP) is 3.05. The molecule has 1 aromatic heterocycles. The van der Waals surface area contributed by atoms with Crippen molar-refractivity contribution in [2.24, 2.45) is 0 Å². The molecule has 1 unspecified atom stereocenters. The van der Waals surface area contributed by atoms with Gasteiger partial charge < -0.3 is 9.32 Å². The fourth-order valence-corrected chi connectivity index (χ4v) is 2.50. The van der Waals surface area contributed by atoms with Gasteiger partial charge in [0, 0.05) is 18.7 Å². The lowest BCUT2D eigenvalue weighted by atomic mass is 10.1. The van der Waals surface area contributed by atoms with Gasteiger partial charge in [-0.3, -0.25) is 4.79 Å². The molecule has 1 fully saturated rings. The maximum Gasteiger partial charge on any atom is 0.284 e. The van der Waals surface area contributed by atoms with E-state index in [1.165, 1.54) is 23.1 Å². The number of aromatic nitrogens is 2. The van der Waals surface area contributed by atoms with Gasteiger partial charge in [-0.05, 0) is 30.4 Å². The molecule has 3 rings (SSSR count). The predicted molar refractivity (Wildman–Crippen MR) is 72.8 cm³/mol. The first-order chi connectivity index (χ1) is 9.54. The Kier molecular flexibility index (Phi) is 3.31. The number of carbonyl (C=O) groups is 1. The molecule has 20 heavy (non-hydrogen) atoms. The van der Waals surface area contributed by atoms with Crippen LogP contribution in [0.25, 0.3) is 0 Å². The van der Waals surface area contributed by atoms with E-state index in [1.807, 2.05) is 0 Å². The van der Waals surface area contributed by atoms with Crippen LogP contribution in [0.2, 0.25) is 5.02 Å². The number of anilines is 1. The summed E-state index contributed by atoms with van der Waals surface area (Å²) in [5, 5.41) is 6.44. The zero-order valence-corrected chi connectivity index (χ0v) is 11.7. The van der Waals surface area contributed by atoms with Gasteiger partial charge in [-0.15, -0.1) is 5.10 Å². The Labute approximate surface area is 123 Å². The van der Waals surface area contributed by atoms with Crippen molar-refractivity contribution in [1.82, 2.24) is 10.2 Å². The number of aromatic amines is 1. The zero-order valence-electron chi connectivity index (χ0n) is 10.1. The SMILES string of the molecule is O=C1CC(c2n[nH]c(=S)o2)CN1c1ccc(F)c(Cl)c1. The quantitative estimate of drug-likeness (QED) is 0.866. The summed E-state index contributed by atoms with van der Waals surface area (Å²) in [6.07, 6.45) is 0.262. The maximum absolute atomic E-state index is 13.2. The fraction of sp³-hybridized carbons (Fsp3) is 0.250. The summed E-state index contributed by atoms with van der Waals surface area (Å²) in [6.45, 7) is 0.393. The van der Waals surface area contributed by atoms with Crippen molar-refractivity contribution >= 4 is 35.4 Å². The number of carbonyl (C=O) groups excluding carboxylic acids is 1. The lowest BCUT2D eigenvalue weighted by Crippen LogP contribution is -2.24. The average Bonchev–Trinajstić information content (AvgIpc) is 2.99. The number of nitrogens with one attached hydrogen (secondary N) is 1. The number of rotatable bonds is 2. The van der Waals surface area contributed by atoms with Gasteiger partial charge in [0.2, 0.25) is 11.8 Å². The highest BCUT2D eigenvalue weighted by atomic mass is 35.5. The van der Waals surface area contributed by atoms with Gasteiger partial charge in [0.15, 0.2) is 0 Å². The number of H-pyrrole nitrogens is 1. The van der Waals surface area contributed by atoms with Gasteiger partial charge in [-0.1, -0.05) is 11.6 Å². The van der Waals surface area contributed by atoms with E-state index < -0.39 is 5.82 Å². The molecule has 1 saturated heterocycles. The van der Waals surface area contributed by atoms with Crippen LogP contribution in [-0.4, -0.2) is 22.6 Å². The molecular formula is C12H9ClFN3O2S. The van der Waals surface area contributed by atoms with Crippen molar-refractivity contribution in [3.05, 3.63) is 39.8 Å². The Morgan fingerprint density at radius 3 is 3.00 bits per heavy atom. The van der Waals surface area contributed by atoms with E-state index in [2.05, 4.69) is 10.2 Å². The van der Waals surface area contributed by atoms with Crippen molar-refractivity contribution in [1.29, 1.82) is 0 Å². The monoisotopic (exact) mass is 313 g/mol. The van der Waals surface area contributed by atoms with Gasteiger partial charge in [-0.2, -0.15) is 0 Å². The number of amides is 1. The zero-order chi connectivity index (χ0) is 14.3. The lowest BCUT2D eigenvalue weighted by Gasteiger charge is -2.16. The van der Waals surface area contributed by atoms with Crippen molar-refractivity contribution in [2.75, 3.05) is 11.4 Å². The summed E-state index contributed by atoms with van der Waals surface area (Å²) in [4.78, 5) is 13.8. The van der Waals surface area contributed by atoms with Crippen LogP contribution in [-0.2, 0) is 4.79 Å². The topological polar surface area (TPSA) is 62.1 Å². The summed E-state index contributed by atoms with van der Waals surface area (Å²) in [6, 6.07) is 4.18. The van der Waals surface area contributed by atoms with E-state index in [0.717, 1.165) is 0 Å². The van der Waals surface area contributed by atoms with Crippen LogP contribution in [0.5, 0.6) is 0 Å². The normalized spacial score (nSPS) is 18.8. The number of benzene rings is 1. The smallest absolute Gasteiger partial charge is 0.284 e. The minimum absolute atomic E-state index is 0.0175. The van der Waals surface area contributed by atoms with Crippen molar-refractivity contribution in [2.45, 2.75) is 12.3 Å². The highest BCUT2D eigenvalue weighted by Gasteiger charge is 2.34. The van der Waals surface area contributed by atoms with Crippen LogP contribution in [0.3, 0.4) is 0 Å². The summed E-state index contributed by atoms with van der Waals surface area (Å²) < 4.78 is 18.4. The molecule has 5 nitrogen and oxygen atoms in total. The first-order valence-electron chi connectivity index (χ1n) is 5.85. The molecule has 1 N–H and O–H groups in total. The molecule has 2 aromatic rings. The molecule has 0 bridgehead atoms. The molecule has 1 amide bonds. The van der Waals surface area contributed by atoms with E-state index in [0.29, 0.717) is 18.1 Å². The van der Waals surface area contributed by atoms with E-state index in [4.69, 9.17) is 28.2 Å². The standard InChI is InChI=1S/C12H9ClFN3O2S/c13-8-4-7(1-2-9(8)14)17-5-6(3-10(17)18)11-15-16-12(20)19-11/h1-2,4,6H,3,5H2,(H,16,20). The van der Waals surface area contributed by atoms with Crippen LogP contribution >= 0.6 is 23.8 Å². The molecule has 1 atom stereocenters. The Bertz CT molecular complexity index is 729. The first kappa shape index (κ1) is 13.3. The van der Waals surface area contributed by atoms with E-state index in [1.54, 1.807) is 0 Å². The second kappa shape index (κ2) is 4.99. The molecule has 8 heteroatoms. The summed E-state index contributed by atoms with van der Waals surface area (Å²) in [5.41, 5.74) is 0.554. The summed E-state index contributed by atoms with van der Waals surface area (Å²) in [7, 11) is 0. The highest BCUT2D eigenvalue weighted by Crippen LogP contribution is 2.32. The van der Waals surface area contributed by atoms with Gasteiger partial charge >= 0.3 is 0 Å². The van der Waals surface area contributed by atoms with Gasteiger partial charge in [-0.25, -0.2) is 9.49 Å². The number of hydrogen-bond donors (Lipinski definition) is 1. The molecule has 104 valence electrons. The minimum Gasteiger partial charge on any atom is -0.414 e. The number of hydrogen-bond acceptors (Lipinski definition) is 4. The molecule has 1 aromatic carbocycles. The highest BCUT2D eigenvalue weighted by molar-refractivity contribution is 7.71. The van der Waals surface area contributed by atoms with Crippen LogP contribution < -0.4 is 4.90 Å². The molecular weight excluding hydrogens is 305 g/mol. The molecule has 0 spiro atoms. The average molecular weight is 314 g/mol. The second-order valence-electron chi connectivity index (χ2n) is 4.46. The van der Waals surface area contributed by atoms with Crippen LogP contribution in [0, 0.1) is 10.7 Å². The van der Waals surface area contributed by atoms with Gasteiger partial charge in [0.25, 0.3) is 4.84 Å². The molecule has 0 radical (unpaired) electrons. The Morgan fingerprint density at radius 1 is 1.55 bits per heavy atom. The largest absolute Gasteiger partial charge is 0.414 e. The van der Waals surface area contributed by atoms with E-state index in [9.17, 15) is 9.18 Å². The summed E-state index contributed by atoms with van der Waals surface area (Å²) >= 11 is 10.5. The van der Waals surface area contributed by atoms with Crippen molar-refractivity contribution < 1.29 is 13.6 Å². The minimum atomic E-state index is -0.517. The van der Waals surface area contributed by atoms with Crippen molar-refractivity contribution in [3.63, 3.8) is 0 Å². The molecule has 1 aliphatic rings. The third kappa shape index (κ3) is 2.34. The van der Waals surface area contributed by atoms with Crippen LogP contribution in [0.15, 0.2) is 22.6 Å². The van der Waals surface area contributed by atoms with E-state index in [-0.39, 0.29) is 28.1 Å². The molecule has 0 aliphatic carbocycles. The van der Waals surface area contributed by atoms with Crippen LogP contribution in [0.4, 0.5) is 10.1 Å². The van der Waals surface area contributed by atoms with Gasteiger partial charge in [0.05, 0.1) is 10.9 Å². The van der Waals surface area contributed by atoms with Crippen molar-refractivity contribution in [3.8, 4) is 0 Å². The second-order valence-corrected chi connectivity index (χ2v) is 5.23. The Hall–Kier alpha value is -1.73. The first-order valence-corrected chi connectivity index (χ1v) is 6.64. The Balaban J connectivity index is 1.86. The fourth-order valence-electron chi connectivity index (χ4n) is 2.19. The molecule has 2 heterocycles. The number of halogens is 2. The number of nitrogens with zero attached hydrogens (tertiary/aromatic N) is 2. The van der Waals surface area contributed by atoms with Gasteiger partial charge in [0.1, 0.15) is 5.82 Å². The third-order valence-corrected chi connectivity index (χ3v) is 3.61. The molecule has 1 aliphatic heterocycles.